The van der Waals surface area contributed by atoms with Crippen LogP contribution in [0, 0.1) is 17.0 Å². The van der Waals surface area contributed by atoms with Gasteiger partial charge in [-0.1, -0.05) is 18.2 Å². The van der Waals surface area contributed by atoms with Gasteiger partial charge in [-0.15, -0.1) is 11.3 Å². The van der Waals surface area contributed by atoms with Gasteiger partial charge in [0.15, 0.2) is 0 Å². The lowest BCUT2D eigenvalue weighted by atomic mass is 10.2. The summed E-state index contributed by atoms with van der Waals surface area (Å²) in [4.78, 5) is 23.5. The second-order valence-electron chi connectivity index (χ2n) is 4.56. The van der Waals surface area contributed by atoms with Crippen LogP contribution in [-0.4, -0.2) is 17.4 Å². The number of rotatable bonds is 6. The maximum absolute atomic E-state index is 12.3. The van der Waals surface area contributed by atoms with Gasteiger partial charge in [0.25, 0.3) is 11.6 Å². The number of amides is 1. The molecule has 0 saturated heterocycles. The predicted octanol–water partition coefficient (Wildman–Crippen LogP) is 3.75. The molecule has 22 heavy (non-hydrogen) atoms. The summed E-state index contributed by atoms with van der Waals surface area (Å²) in [7, 11) is 0. The Kier molecular flexibility index (Phi) is 5.24. The van der Waals surface area contributed by atoms with Gasteiger partial charge in [-0.2, -0.15) is 0 Å². The number of anilines is 1. The van der Waals surface area contributed by atoms with Gasteiger partial charge >= 0.3 is 0 Å². The molecule has 0 fully saturated rings. The first-order valence-corrected chi connectivity index (χ1v) is 7.56. The number of hydrogen-bond acceptors (Lipinski definition) is 5. The number of hydrogen-bond donors (Lipinski definition) is 1. The van der Waals surface area contributed by atoms with Crippen molar-refractivity contribution in [2.75, 3.05) is 11.9 Å². The van der Waals surface area contributed by atoms with E-state index < -0.39 is 4.92 Å². The van der Waals surface area contributed by atoms with Crippen LogP contribution in [0.5, 0.6) is 0 Å². The minimum Gasteiger partial charge on any atom is -0.377 e. The van der Waals surface area contributed by atoms with Crippen LogP contribution in [0.3, 0.4) is 0 Å². The zero-order valence-corrected chi connectivity index (χ0v) is 13.1. The van der Waals surface area contributed by atoms with Gasteiger partial charge in [0.05, 0.1) is 21.3 Å². The van der Waals surface area contributed by atoms with E-state index in [1.165, 1.54) is 6.07 Å². The van der Waals surface area contributed by atoms with Crippen LogP contribution in [0.4, 0.5) is 11.4 Å². The molecule has 2 aromatic rings. The van der Waals surface area contributed by atoms with Gasteiger partial charge in [-0.25, -0.2) is 0 Å². The van der Waals surface area contributed by atoms with E-state index in [-0.39, 0.29) is 11.6 Å². The Bertz CT molecular complexity index is 697. The normalized spacial score (nSPS) is 10.5. The van der Waals surface area contributed by atoms with Gasteiger partial charge in [0.2, 0.25) is 0 Å². The van der Waals surface area contributed by atoms with E-state index in [1.807, 2.05) is 25.1 Å². The van der Waals surface area contributed by atoms with E-state index in [4.69, 9.17) is 4.74 Å². The molecule has 7 heteroatoms. The summed E-state index contributed by atoms with van der Waals surface area (Å²) in [6.07, 6.45) is 0. The summed E-state index contributed by atoms with van der Waals surface area (Å²) in [6, 6.07) is 8.63. The molecule has 1 amide bonds. The van der Waals surface area contributed by atoms with E-state index in [0.29, 0.717) is 28.7 Å². The molecule has 0 aliphatic heterocycles. The number of thiophene rings is 1. The van der Waals surface area contributed by atoms with Crippen molar-refractivity contribution in [3.8, 4) is 0 Å². The molecule has 2 rings (SSSR count). The maximum atomic E-state index is 12.3. The standard InChI is InChI=1S/C15H16N2O4S/c1-3-21-9-11-6-4-5-7-12(11)16-15(18)14-8-13(17(19)20)10(2)22-14/h4-8H,3,9H2,1-2H3,(H,16,18). The fourth-order valence-corrected chi connectivity index (χ4v) is 2.81. The van der Waals surface area contributed by atoms with E-state index in [2.05, 4.69) is 5.32 Å². The Hall–Kier alpha value is -2.25. The van der Waals surface area contributed by atoms with E-state index >= 15 is 0 Å². The third kappa shape index (κ3) is 3.69. The Balaban J connectivity index is 2.18. The van der Waals surface area contributed by atoms with Crippen molar-refractivity contribution < 1.29 is 14.5 Å². The minimum atomic E-state index is -0.481. The molecule has 1 N–H and O–H groups in total. The molecular weight excluding hydrogens is 304 g/mol. The highest BCUT2D eigenvalue weighted by molar-refractivity contribution is 7.14. The number of carbonyl (C=O) groups is 1. The van der Waals surface area contributed by atoms with E-state index in [9.17, 15) is 14.9 Å². The lowest BCUT2D eigenvalue weighted by Gasteiger charge is -2.10. The maximum Gasteiger partial charge on any atom is 0.283 e. The number of carbonyl (C=O) groups excluding carboxylic acids is 1. The van der Waals surface area contributed by atoms with Gasteiger partial charge < -0.3 is 10.1 Å². The molecule has 0 atom stereocenters. The van der Waals surface area contributed by atoms with Crippen molar-refractivity contribution in [1.82, 2.24) is 0 Å². The molecule has 0 saturated carbocycles. The third-order valence-corrected chi connectivity index (χ3v) is 4.08. The molecule has 0 bridgehead atoms. The lowest BCUT2D eigenvalue weighted by Crippen LogP contribution is -2.12. The molecule has 0 aliphatic rings. The highest BCUT2D eigenvalue weighted by Crippen LogP contribution is 2.29. The molecule has 1 aromatic heterocycles. The molecule has 116 valence electrons. The Morgan fingerprint density at radius 2 is 2.14 bits per heavy atom. The molecule has 0 spiro atoms. The second-order valence-corrected chi connectivity index (χ2v) is 5.81. The zero-order chi connectivity index (χ0) is 16.1. The number of nitro groups is 1. The average Bonchev–Trinajstić information content (AvgIpc) is 2.88. The van der Waals surface area contributed by atoms with Crippen molar-refractivity contribution in [2.45, 2.75) is 20.5 Å². The number of nitrogens with one attached hydrogen (secondary N) is 1. The zero-order valence-electron chi connectivity index (χ0n) is 12.3. The number of benzene rings is 1. The third-order valence-electron chi connectivity index (χ3n) is 3.04. The molecule has 6 nitrogen and oxygen atoms in total. The fraction of sp³-hybridized carbons (Fsp3) is 0.267. The largest absolute Gasteiger partial charge is 0.377 e. The van der Waals surface area contributed by atoms with Crippen LogP contribution in [0.15, 0.2) is 30.3 Å². The van der Waals surface area contributed by atoms with Gasteiger partial charge in [0.1, 0.15) is 0 Å². The van der Waals surface area contributed by atoms with Gasteiger partial charge in [0, 0.05) is 23.9 Å². The SMILES string of the molecule is CCOCc1ccccc1NC(=O)c1cc([N+](=O)[O-])c(C)s1. The first-order chi connectivity index (χ1) is 10.5. The van der Waals surface area contributed by atoms with Crippen LogP contribution in [0.2, 0.25) is 0 Å². The molecule has 0 aliphatic carbocycles. The second kappa shape index (κ2) is 7.15. The van der Waals surface area contributed by atoms with Crippen LogP contribution in [-0.2, 0) is 11.3 Å². The molecular formula is C15H16N2O4S. The monoisotopic (exact) mass is 320 g/mol. The molecule has 0 radical (unpaired) electrons. The summed E-state index contributed by atoms with van der Waals surface area (Å²) in [5.41, 5.74) is 1.48. The van der Waals surface area contributed by atoms with Gasteiger partial charge in [-0.05, 0) is 19.9 Å². The summed E-state index contributed by atoms with van der Waals surface area (Å²) in [6.45, 7) is 4.51. The topological polar surface area (TPSA) is 81.5 Å². The van der Waals surface area contributed by atoms with Crippen molar-refractivity contribution in [3.05, 3.63) is 55.8 Å². The Morgan fingerprint density at radius 1 is 1.41 bits per heavy atom. The molecule has 1 heterocycles. The number of ether oxygens (including phenoxy) is 1. The van der Waals surface area contributed by atoms with Crippen LogP contribution in [0.1, 0.15) is 27.0 Å². The number of para-hydroxylation sites is 1. The van der Waals surface area contributed by atoms with Crippen LogP contribution in [0.25, 0.3) is 0 Å². The number of nitrogens with zero attached hydrogens (tertiary/aromatic N) is 1. The summed E-state index contributed by atoms with van der Waals surface area (Å²) in [5.74, 6) is -0.356. The summed E-state index contributed by atoms with van der Waals surface area (Å²) >= 11 is 1.11. The van der Waals surface area contributed by atoms with E-state index in [1.54, 1.807) is 13.0 Å². The fourth-order valence-electron chi connectivity index (χ4n) is 1.93. The quantitative estimate of drug-likeness (QED) is 0.649. The molecule has 0 unspecified atom stereocenters. The van der Waals surface area contributed by atoms with E-state index in [0.717, 1.165) is 16.9 Å². The van der Waals surface area contributed by atoms with Crippen molar-refractivity contribution >= 4 is 28.6 Å². The minimum absolute atomic E-state index is 0.0299. The Morgan fingerprint density at radius 3 is 2.77 bits per heavy atom. The summed E-state index contributed by atoms with van der Waals surface area (Å²) < 4.78 is 5.36. The van der Waals surface area contributed by atoms with Crippen LogP contribution >= 0.6 is 11.3 Å². The van der Waals surface area contributed by atoms with Crippen LogP contribution < -0.4 is 5.32 Å². The van der Waals surface area contributed by atoms with Crippen molar-refractivity contribution in [2.24, 2.45) is 0 Å². The Labute approximate surface area is 131 Å². The number of aryl methyl sites for hydroxylation is 1. The van der Waals surface area contributed by atoms with Crippen molar-refractivity contribution in [3.63, 3.8) is 0 Å². The van der Waals surface area contributed by atoms with Gasteiger partial charge in [-0.3, -0.25) is 14.9 Å². The smallest absolute Gasteiger partial charge is 0.283 e. The first kappa shape index (κ1) is 16.1. The predicted molar refractivity (Wildman–Crippen MR) is 85.4 cm³/mol. The summed E-state index contributed by atoms with van der Waals surface area (Å²) in [5, 5.41) is 13.6. The first-order valence-electron chi connectivity index (χ1n) is 6.74. The average molecular weight is 320 g/mol. The highest BCUT2D eigenvalue weighted by Gasteiger charge is 2.20. The van der Waals surface area contributed by atoms with Crippen molar-refractivity contribution in [1.29, 1.82) is 0 Å². The lowest BCUT2D eigenvalue weighted by molar-refractivity contribution is -0.385. The highest BCUT2D eigenvalue weighted by atomic mass is 32.1. The molecule has 1 aromatic carbocycles.